The maximum atomic E-state index is 6.66. The van der Waals surface area contributed by atoms with Crippen LogP contribution in [0.15, 0.2) is 42.5 Å². The average molecular weight is 377 g/mol. The molecule has 5 heteroatoms. The number of benzene rings is 2. The number of rotatable bonds is 4. The minimum Gasteiger partial charge on any atom is -0.493 e. The lowest BCUT2D eigenvalue weighted by Gasteiger charge is -2.31. The SMILES string of the molecule is CN1CCC(OC(c2ccc3c(c2)OCCC3)c2nc3ccccc3[nH]2)CC1. The molecule has 3 heterocycles. The van der Waals surface area contributed by atoms with Crippen LogP contribution in [0.1, 0.15) is 42.3 Å². The summed E-state index contributed by atoms with van der Waals surface area (Å²) < 4.78 is 12.6. The lowest BCUT2D eigenvalue weighted by molar-refractivity contribution is -0.0265. The highest BCUT2D eigenvalue weighted by atomic mass is 16.5. The second-order valence-electron chi connectivity index (χ2n) is 7.98. The number of piperidine rings is 1. The predicted molar refractivity (Wildman–Crippen MR) is 110 cm³/mol. The highest BCUT2D eigenvalue weighted by Crippen LogP contribution is 2.34. The molecule has 1 saturated heterocycles. The third kappa shape index (κ3) is 3.52. The van der Waals surface area contributed by atoms with Gasteiger partial charge in [0.1, 0.15) is 17.7 Å². The first-order valence-corrected chi connectivity index (χ1v) is 10.3. The molecule has 0 radical (unpaired) electrons. The average Bonchev–Trinajstić information content (AvgIpc) is 3.17. The number of nitrogens with zero attached hydrogens (tertiary/aromatic N) is 2. The van der Waals surface area contributed by atoms with E-state index in [0.29, 0.717) is 0 Å². The van der Waals surface area contributed by atoms with Gasteiger partial charge >= 0.3 is 0 Å². The number of aromatic nitrogens is 2. The van der Waals surface area contributed by atoms with Crippen LogP contribution in [0.4, 0.5) is 0 Å². The fourth-order valence-corrected chi connectivity index (χ4v) is 4.23. The monoisotopic (exact) mass is 377 g/mol. The Bertz CT molecular complexity index is 926. The van der Waals surface area contributed by atoms with E-state index in [1.807, 2.05) is 18.2 Å². The first kappa shape index (κ1) is 17.7. The molecule has 5 nitrogen and oxygen atoms in total. The van der Waals surface area contributed by atoms with Gasteiger partial charge in [-0.1, -0.05) is 24.3 Å². The second kappa shape index (κ2) is 7.57. The van der Waals surface area contributed by atoms with Crippen LogP contribution in [-0.2, 0) is 11.2 Å². The number of ether oxygens (including phenoxy) is 2. The third-order valence-electron chi connectivity index (χ3n) is 5.89. The van der Waals surface area contributed by atoms with E-state index in [-0.39, 0.29) is 12.2 Å². The molecule has 0 amide bonds. The molecule has 1 unspecified atom stereocenters. The van der Waals surface area contributed by atoms with Crippen LogP contribution in [0.2, 0.25) is 0 Å². The molecule has 0 aliphatic carbocycles. The number of imidazole rings is 1. The summed E-state index contributed by atoms with van der Waals surface area (Å²) in [6, 6.07) is 14.7. The van der Waals surface area contributed by atoms with Crippen molar-refractivity contribution in [1.82, 2.24) is 14.9 Å². The van der Waals surface area contributed by atoms with Crippen molar-refractivity contribution >= 4 is 11.0 Å². The molecule has 28 heavy (non-hydrogen) atoms. The van der Waals surface area contributed by atoms with Gasteiger partial charge in [0.25, 0.3) is 0 Å². The van der Waals surface area contributed by atoms with E-state index < -0.39 is 0 Å². The minimum atomic E-state index is -0.211. The Balaban J connectivity index is 1.50. The number of para-hydroxylation sites is 2. The Labute approximate surface area is 165 Å². The van der Waals surface area contributed by atoms with Crippen LogP contribution in [0.5, 0.6) is 5.75 Å². The van der Waals surface area contributed by atoms with Crippen molar-refractivity contribution in [2.75, 3.05) is 26.7 Å². The molecule has 2 aromatic carbocycles. The Kier molecular flexibility index (Phi) is 4.79. The largest absolute Gasteiger partial charge is 0.493 e. The number of hydrogen-bond donors (Lipinski definition) is 1. The van der Waals surface area contributed by atoms with E-state index in [1.165, 1.54) is 5.56 Å². The van der Waals surface area contributed by atoms with Crippen molar-refractivity contribution in [2.24, 2.45) is 0 Å². The fraction of sp³-hybridized carbons (Fsp3) is 0.435. The molecular weight excluding hydrogens is 350 g/mol. The Hall–Kier alpha value is -2.37. The van der Waals surface area contributed by atoms with Crippen molar-refractivity contribution in [1.29, 1.82) is 0 Å². The predicted octanol–water partition coefficient (Wildman–Crippen LogP) is 4.09. The molecule has 2 aliphatic heterocycles. The number of fused-ring (bicyclic) bond motifs is 2. The summed E-state index contributed by atoms with van der Waals surface area (Å²) in [5.41, 5.74) is 4.42. The van der Waals surface area contributed by atoms with Gasteiger partial charge < -0.3 is 19.4 Å². The topological polar surface area (TPSA) is 50.4 Å². The van der Waals surface area contributed by atoms with Crippen LogP contribution >= 0.6 is 0 Å². The molecule has 0 bridgehead atoms. The van der Waals surface area contributed by atoms with Gasteiger partial charge in [-0.25, -0.2) is 4.98 Å². The molecule has 146 valence electrons. The normalized spacial score (nSPS) is 19.3. The van der Waals surface area contributed by atoms with Gasteiger partial charge in [0, 0.05) is 13.1 Å². The molecule has 1 N–H and O–H groups in total. The summed E-state index contributed by atoms with van der Waals surface area (Å²) in [4.78, 5) is 10.7. The molecule has 3 aromatic rings. The molecule has 2 aliphatic rings. The van der Waals surface area contributed by atoms with Gasteiger partial charge in [0.05, 0.1) is 23.7 Å². The van der Waals surface area contributed by atoms with Gasteiger partial charge in [-0.2, -0.15) is 0 Å². The van der Waals surface area contributed by atoms with Gasteiger partial charge in [0.15, 0.2) is 0 Å². The number of aromatic amines is 1. The zero-order valence-electron chi connectivity index (χ0n) is 16.4. The molecule has 0 spiro atoms. The molecule has 5 rings (SSSR count). The van der Waals surface area contributed by atoms with E-state index in [1.54, 1.807) is 0 Å². The summed E-state index contributed by atoms with van der Waals surface area (Å²) in [5, 5.41) is 0. The van der Waals surface area contributed by atoms with Crippen LogP contribution in [0.25, 0.3) is 11.0 Å². The number of aryl methyl sites for hydroxylation is 1. The van der Waals surface area contributed by atoms with Crippen LogP contribution in [0.3, 0.4) is 0 Å². The first-order chi connectivity index (χ1) is 13.8. The van der Waals surface area contributed by atoms with Gasteiger partial charge in [0.2, 0.25) is 0 Å². The van der Waals surface area contributed by atoms with Gasteiger partial charge in [-0.15, -0.1) is 0 Å². The lowest BCUT2D eigenvalue weighted by atomic mass is 10.0. The van der Waals surface area contributed by atoms with Gasteiger partial charge in [-0.05, 0) is 62.1 Å². The summed E-state index contributed by atoms with van der Waals surface area (Å²) in [5.74, 6) is 1.87. The molecular formula is C23H27N3O2. The van der Waals surface area contributed by atoms with Crippen LogP contribution < -0.4 is 4.74 Å². The van der Waals surface area contributed by atoms with E-state index >= 15 is 0 Å². The van der Waals surface area contributed by atoms with Crippen molar-refractivity contribution in [3.8, 4) is 5.75 Å². The number of H-pyrrole nitrogens is 1. The Morgan fingerprint density at radius 3 is 2.89 bits per heavy atom. The highest BCUT2D eigenvalue weighted by Gasteiger charge is 2.27. The van der Waals surface area contributed by atoms with E-state index in [9.17, 15) is 0 Å². The maximum Gasteiger partial charge on any atom is 0.141 e. The Morgan fingerprint density at radius 2 is 2.04 bits per heavy atom. The summed E-state index contributed by atoms with van der Waals surface area (Å²) in [6.07, 6.45) is 4.30. The number of likely N-dealkylation sites (tertiary alicyclic amines) is 1. The minimum absolute atomic E-state index is 0.211. The second-order valence-corrected chi connectivity index (χ2v) is 7.98. The molecule has 0 saturated carbocycles. The summed E-state index contributed by atoms with van der Waals surface area (Å²) in [6.45, 7) is 2.94. The number of nitrogens with one attached hydrogen (secondary N) is 1. The van der Waals surface area contributed by atoms with Crippen molar-refractivity contribution in [2.45, 2.75) is 37.9 Å². The standard InChI is InChI=1S/C23H27N3O2/c1-26-12-10-18(11-13-26)28-22(23-24-19-6-2-3-7-20(19)25-23)17-9-8-16-5-4-14-27-21(16)15-17/h2-3,6-9,15,18,22H,4-5,10-14H2,1H3,(H,24,25). The van der Waals surface area contributed by atoms with Crippen molar-refractivity contribution in [3.05, 3.63) is 59.4 Å². The van der Waals surface area contributed by atoms with E-state index in [0.717, 1.165) is 73.6 Å². The van der Waals surface area contributed by atoms with Crippen molar-refractivity contribution in [3.63, 3.8) is 0 Å². The highest BCUT2D eigenvalue weighted by molar-refractivity contribution is 5.74. The fourth-order valence-electron chi connectivity index (χ4n) is 4.23. The third-order valence-corrected chi connectivity index (χ3v) is 5.89. The van der Waals surface area contributed by atoms with Crippen LogP contribution in [0, 0.1) is 0 Å². The van der Waals surface area contributed by atoms with Gasteiger partial charge in [-0.3, -0.25) is 0 Å². The zero-order valence-corrected chi connectivity index (χ0v) is 16.4. The number of hydrogen-bond acceptors (Lipinski definition) is 4. The quantitative estimate of drug-likeness (QED) is 0.744. The first-order valence-electron chi connectivity index (χ1n) is 10.3. The lowest BCUT2D eigenvalue weighted by Crippen LogP contribution is -2.35. The van der Waals surface area contributed by atoms with Crippen LogP contribution in [-0.4, -0.2) is 47.7 Å². The molecule has 1 atom stereocenters. The maximum absolute atomic E-state index is 6.66. The van der Waals surface area contributed by atoms with Crippen molar-refractivity contribution < 1.29 is 9.47 Å². The summed E-state index contributed by atoms with van der Waals surface area (Å²) >= 11 is 0. The molecule has 1 aromatic heterocycles. The smallest absolute Gasteiger partial charge is 0.141 e. The Morgan fingerprint density at radius 1 is 1.18 bits per heavy atom. The molecule has 1 fully saturated rings. The zero-order chi connectivity index (χ0) is 18.9. The summed E-state index contributed by atoms with van der Waals surface area (Å²) in [7, 11) is 2.17. The van der Waals surface area contributed by atoms with E-state index in [4.69, 9.17) is 14.5 Å². The van der Waals surface area contributed by atoms with E-state index in [2.05, 4.69) is 41.2 Å².